The Balaban J connectivity index is 1.28. The molecule has 1 aromatic heterocycles. The summed E-state index contributed by atoms with van der Waals surface area (Å²) in [4.78, 5) is 23.9. The number of nitrogens with one attached hydrogen (secondary N) is 3. The number of aryl methyl sites for hydroxylation is 1. The van der Waals surface area contributed by atoms with Crippen molar-refractivity contribution >= 4 is 35.1 Å². The number of fused-ring (bicyclic) bond motifs is 1. The summed E-state index contributed by atoms with van der Waals surface area (Å²) in [5.41, 5.74) is 0.986. The van der Waals surface area contributed by atoms with Crippen LogP contribution in [0.25, 0.3) is 0 Å². The van der Waals surface area contributed by atoms with E-state index in [0.29, 0.717) is 12.5 Å². The third-order valence-corrected chi connectivity index (χ3v) is 7.19. The van der Waals surface area contributed by atoms with Gasteiger partial charge in [-0.3, -0.25) is 0 Å². The van der Waals surface area contributed by atoms with Crippen molar-refractivity contribution < 1.29 is 18.0 Å². The van der Waals surface area contributed by atoms with Gasteiger partial charge in [0.05, 0.1) is 22.0 Å². The minimum absolute atomic E-state index is 0.159. The lowest BCUT2D eigenvalue weighted by atomic mass is 9.86. The monoisotopic (exact) mass is 524 g/mol. The highest BCUT2D eigenvalue weighted by Crippen LogP contribution is 2.38. The number of aromatic nitrogens is 2. The summed E-state index contributed by atoms with van der Waals surface area (Å²) in [6.07, 6.45) is 3.25. The number of rotatable bonds is 6. The van der Waals surface area contributed by atoms with E-state index >= 15 is 0 Å². The minimum Gasteiger partial charge on any atom is -0.362 e. The van der Waals surface area contributed by atoms with Crippen molar-refractivity contribution in [3.63, 3.8) is 0 Å². The van der Waals surface area contributed by atoms with Gasteiger partial charge in [0.1, 0.15) is 5.82 Å². The highest BCUT2D eigenvalue weighted by molar-refractivity contribution is 6.33. The van der Waals surface area contributed by atoms with Crippen LogP contribution in [0, 0.1) is 5.92 Å². The summed E-state index contributed by atoms with van der Waals surface area (Å²) in [5, 5.41) is 8.31. The zero-order valence-electron chi connectivity index (χ0n) is 20.5. The van der Waals surface area contributed by atoms with Crippen LogP contribution in [0.3, 0.4) is 0 Å². The van der Waals surface area contributed by atoms with Crippen molar-refractivity contribution in [2.75, 3.05) is 36.2 Å². The molecule has 1 saturated carbocycles. The molecular weight excluding hydrogens is 493 g/mol. The van der Waals surface area contributed by atoms with Gasteiger partial charge >= 0.3 is 12.2 Å². The molecule has 0 unspecified atom stereocenters. The number of hydrogen-bond acceptors (Lipinski definition) is 5. The maximum atomic E-state index is 13.2. The second kappa shape index (κ2) is 11.1. The van der Waals surface area contributed by atoms with Crippen LogP contribution in [0.15, 0.2) is 18.2 Å². The van der Waals surface area contributed by atoms with E-state index in [2.05, 4.69) is 16.0 Å². The number of carbonyl (C=O) groups excluding carboxylic acids is 1. The van der Waals surface area contributed by atoms with E-state index in [1.807, 2.05) is 19.0 Å². The molecule has 0 spiro atoms. The Morgan fingerprint density at radius 3 is 2.53 bits per heavy atom. The molecule has 7 nitrogen and oxygen atoms in total. The lowest BCUT2D eigenvalue weighted by Gasteiger charge is -2.30. The Hall–Kier alpha value is -2.75. The molecule has 196 valence electrons. The predicted molar refractivity (Wildman–Crippen MR) is 136 cm³/mol. The summed E-state index contributed by atoms with van der Waals surface area (Å²) >= 11 is 5.91. The zero-order valence-corrected chi connectivity index (χ0v) is 21.3. The average Bonchev–Trinajstić information content (AvgIpc) is 2.83. The van der Waals surface area contributed by atoms with Crippen LogP contribution in [0.1, 0.15) is 55.3 Å². The molecule has 2 aliphatic rings. The first kappa shape index (κ1) is 26.3. The van der Waals surface area contributed by atoms with Crippen LogP contribution < -0.4 is 20.9 Å². The number of benzene rings is 1. The van der Waals surface area contributed by atoms with Gasteiger partial charge in [-0.1, -0.05) is 17.7 Å². The van der Waals surface area contributed by atoms with Crippen molar-refractivity contribution in [1.29, 1.82) is 0 Å². The summed E-state index contributed by atoms with van der Waals surface area (Å²) < 4.78 is 39.7. The topological polar surface area (TPSA) is 82.2 Å². The molecule has 0 saturated heterocycles. The van der Waals surface area contributed by atoms with Crippen molar-refractivity contribution in [3.05, 3.63) is 40.0 Å². The molecule has 0 atom stereocenters. The van der Waals surface area contributed by atoms with Crippen LogP contribution in [0.4, 0.5) is 35.4 Å². The minimum atomic E-state index is -4.62. The van der Waals surface area contributed by atoms with Crippen molar-refractivity contribution in [1.82, 2.24) is 15.3 Å². The number of carbonyl (C=O) groups is 1. The number of hydrogen-bond donors (Lipinski definition) is 3. The number of urea groups is 1. The molecule has 36 heavy (non-hydrogen) atoms. The zero-order chi connectivity index (χ0) is 25.9. The van der Waals surface area contributed by atoms with Gasteiger partial charge in [-0.15, -0.1) is 0 Å². The predicted octanol–water partition coefficient (Wildman–Crippen LogP) is 5.89. The summed E-state index contributed by atoms with van der Waals surface area (Å²) in [6.45, 7) is 0.379. The van der Waals surface area contributed by atoms with Gasteiger partial charge in [0.2, 0.25) is 5.95 Å². The van der Waals surface area contributed by atoms with Crippen LogP contribution in [-0.2, 0) is 19.0 Å². The van der Waals surface area contributed by atoms with Gasteiger partial charge in [-0.2, -0.15) is 18.2 Å². The molecule has 2 aromatic rings. The molecule has 11 heteroatoms. The Morgan fingerprint density at radius 1 is 1.11 bits per heavy atom. The Labute approximate surface area is 214 Å². The third-order valence-electron chi connectivity index (χ3n) is 6.87. The highest BCUT2D eigenvalue weighted by Gasteiger charge is 2.35. The Kier molecular flexibility index (Phi) is 8.12. The fraction of sp³-hybridized carbons (Fsp3) is 0.560. The quantitative estimate of drug-likeness (QED) is 0.439. The summed E-state index contributed by atoms with van der Waals surface area (Å²) in [5.74, 6) is 1.89. The molecule has 2 aliphatic carbocycles. The third kappa shape index (κ3) is 6.32. The molecule has 1 fully saturated rings. The number of anilines is 3. The number of amides is 2. The highest BCUT2D eigenvalue weighted by atomic mass is 35.5. The standard InChI is InChI=1S/C25H32ClF3N6O/c1-35(2)22-17-6-3-4-9-20(17)32-23(34-22)31-16-12-10-15(11-13-16)14-30-24(36)33-21-18(25(27,28)29)7-5-8-19(21)26/h5,7-8,15-16H,3-4,6,9-14H2,1-2H3,(H2,30,33,36)(H,31,32,34)/t15-,16+. The van der Waals surface area contributed by atoms with Gasteiger partial charge in [0.15, 0.2) is 0 Å². The fourth-order valence-electron chi connectivity index (χ4n) is 4.98. The number of nitrogens with zero attached hydrogens (tertiary/aromatic N) is 3. The lowest BCUT2D eigenvalue weighted by Crippen LogP contribution is -2.36. The van der Waals surface area contributed by atoms with Crippen molar-refractivity contribution in [2.24, 2.45) is 5.92 Å². The lowest BCUT2D eigenvalue weighted by molar-refractivity contribution is -0.136. The smallest absolute Gasteiger partial charge is 0.362 e. The first-order valence-electron chi connectivity index (χ1n) is 12.4. The molecule has 1 aromatic carbocycles. The number of alkyl halides is 3. The molecule has 0 radical (unpaired) electrons. The maximum Gasteiger partial charge on any atom is 0.418 e. The van der Waals surface area contributed by atoms with Crippen LogP contribution in [0.5, 0.6) is 0 Å². The van der Waals surface area contributed by atoms with E-state index in [0.717, 1.165) is 62.5 Å². The molecule has 4 rings (SSSR count). The van der Waals surface area contributed by atoms with E-state index in [1.165, 1.54) is 24.1 Å². The maximum absolute atomic E-state index is 13.2. The van der Waals surface area contributed by atoms with E-state index in [9.17, 15) is 18.0 Å². The molecule has 0 aliphatic heterocycles. The molecule has 1 heterocycles. The second-order valence-corrected chi connectivity index (χ2v) is 10.2. The molecule has 2 amide bonds. The molecule has 3 N–H and O–H groups in total. The van der Waals surface area contributed by atoms with E-state index in [-0.39, 0.29) is 17.0 Å². The second-order valence-electron chi connectivity index (χ2n) is 9.75. The van der Waals surface area contributed by atoms with Gasteiger partial charge in [-0.05, 0) is 69.4 Å². The van der Waals surface area contributed by atoms with E-state index < -0.39 is 23.5 Å². The first-order chi connectivity index (χ1) is 17.1. The fourth-order valence-corrected chi connectivity index (χ4v) is 5.21. The normalized spacial score (nSPS) is 19.8. The summed E-state index contributed by atoms with van der Waals surface area (Å²) in [7, 11) is 4.01. The SMILES string of the molecule is CN(C)c1nc(N[C@H]2CC[C@@H](CNC(=O)Nc3c(Cl)cccc3C(F)(F)F)CC2)nc2c1CCCC2. The Morgan fingerprint density at radius 2 is 1.83 bits per heavy atom. The Bertz CT molecular complexity index is 1090. The molecule has 0 bridgehead atoms. The number of halogens is 4. The van der Waals surface area contributed by atoms with E-state index in [1.54, 1.807) is 0 Å². The molecular formula is C25H32ClF3N6O. The summed E-state index contributed by atoms with van der Waals surface area (Å²) in [6, 6.07) is 2.95. The largest absolute Gasteiger partial charge is 0.418 e. The van der Waals surface area contributed by atoms with Gasteiger partial charge in [-0.25, -0.2) is 9.78 Å². The van der Waals surface area contributed by atoms with Gasteiger partial charge < -0.3 is 20.9 Å². The van der Waals surface area contributed by atoms with Crippen LogP contribution in [-0.4, -0.2) is 42.7 Å². The van der Waals surface area contributed by atoms with Gasteiger partial charge in [0.25, 0.3) is 0 Å². The first-order valence-corrected chi connectivity index (χ1v) is 12.7. The average molecular weight is 525 g/mol. The van der Waals surface area contributed by atoms with Crippen molar-refractivity contribution in [3.8, 4) is 0 Å². The van der Waals surface area contributed by atoms with E-state index in [4.69, 9.17) is 21.6 Å². The van der Waals surface area contributed by atoms with Crippen molar-refractivity contribution in [2.45, 2.75) is 63.6 Å². The van der Waals surface area contributed by atoms with Crippen LogP contribution >= 0.6 is 11.6 Å². The van der Waals surface area contributed by atoms with Crippen LogP contribution in [0.2, 0.25) is 5.02 Å². The van der Waals surface area contributed by atoms with Gasteiger partial charge in [0, 0.05) is 32.2 Å². The number of para-hydroxylation sites is 1.